The Labute approximate surface area is 245 Å². The fourth-order valence-electron chi connectivity index (χ4n) is 2.25. The summed E-state index contributed by atoms with van der Waals surface area (Å²) in [5.41, 5.74) is 0.914. The molecule has 0 aliphatic carbocycles. The molecule has 192 valence electrons. The largest absolute Gasteiger partial charge is 0.506 e. The SMILES string of the molecule is CCOC(=O)CBr.CCOC(=O)c1cc2cc(Br)cc(Br)c2o1.O=Cc1cc(Br)cc(Br)c1O.[CH3-]. The maximum absolute atomic E-state index is 11.5. The number of carbonyl (C=O) groups is 3. The summed E-state index contributed by atoms with van der Waals surface area (Å²) >= 11 is 16.0. The molecule has 0 unspecified atom stereocenters. The summed E-state index contributed by atoms with van der Waals surface area (Å²) in [5.74, 6) is -0.455. The van der Waals surface area contributed by atoms with Gasteiger partial charge in [0.2, 0.25) is 5.76 Å². The van der Waals surface area contributed by atoms with Crippen molar-refractivity contribution in [1.29, 1.82) is 0 Å². The number of phenols is 1. The highest BCUT2D eigenvalue weighted by atomic mass is 79.9. The van der Waals surface area contributed by atoms with Crippen molar-refractivity contribution in [2.45, 2.75) is 13.8 Å². The number of carbonyl (C=O) groups excluding carboxylic acids is 3. The van der Waals surface area contributed by atoms with Crippen LogP contribution in [0.1, 0.15) is 34.8 Å². The summed E-state index contributed by atoms with van der Waals surface area (Å²) in [5, 5.41) is 10.4. The number of furan rings is 1. The molecule has 0 aliphatic heterocycles. The highest BCUT2D eigenvalue weighted by molar-refractivity contribution is 9.11. The van der Waals surface area contributed by atoms with E-state index in [0.717, 1.165) is 18.8 Å². The van der Waals surface area contributed by atoms with Crippen molar-refractivity contribution in [3.05, 3.63) is 67.0 Å². The molecule has 35 heavy (non-hydrogen) atoms. The zero-order valence-corrected chi connectivity index (χ0v) is 26.8. The Hall–Kier alpha value is -1.21. The van der Waals surface area contributed by atoms with Crippen LogP contribution in [0.5, 0.6) is 5.75 Å². The second-order valence-electron chi connectivity index (χ2n) is 6.02. The fraction of sp³-hybridized carbons (Fsp3) is 0.217. The lowest BCUT2D eigenvalue weighted by atomic mass is 10.2. The van der Waals surface area contributed by atoms with Crippen LogP contribution in [0.2, 0.25) is 0 Å². The lowest BCUT2D eigenvalue weighted by molar-refractivity contribution is -0.139. The van der Waals surface area contributed by atoms with Crippen LogP contribution >= 0.6 is 79.6 Å². The first-order valence-corrected chi connectivity index (χ1v) is 13.8. The Balaban J connectivity index is 0.000000533. The number of ether oxygens (including phenoxy) is 2. The predicted molar refractivity (Wildman–Crippen MR) is 153 cm³/mol. The van der Waals surface area contributed by atoms with Gasteiger partial charge in [-0.05, 0) is 76.0 Å². The molecular weight excluding hydrogens is 788 g/mol. The van der Waals surface area contributed by atoms with Crippen molar-refractivity contribution in [1.82, 2.24) is 0 Å². The topological polar surface area (TPSA) is 103 Å². The second kappa shape index (κ2) is 17.3. The number of rotatable bonds is 5. The number of aromatic hydroxyl groups is 1. The zero-order chi connectivity index (χ0) is 25.8. The van der Waals surface area contributed by atoms with Gasteiger partial charge in [-0.1, -0.05) is 47.8 Å². The highest BCUT2D eigenvalue weighted by Gasteiger charge is 2.15. The van der Waals surface area contributed by atoms with E-state index < -0.39 is 5.97 Å². The van der Waals surface area contributed by atoms with Crippen LogP contribution in [0, 0.1) is 7.43 Å². The molecule has 12 heteroatoms. The Morgan fingerprint density at radius 3 is 2.03 bits per heavy atom. The lowest BCUT2D eigenvalue weighted by Crippen LogP contribution is -2.03. The number of hydrogen-bond acceptors (Lipinski definition) is 7. The van der Waals surface area contributed by atoms with Gasteiger partial charge in [-0.2, -0.15) is 0 Å². The monoisotopic (exact) mass is 805 g/mol. The van der Waals surface area contributed by atoms with Crippen molar-refractivity contribution in [3.63, 3.8) is 0 Å². The van der Waals surface area contributed by atoms with E-state index in [1.807, 2.05) is 12.1 Å². The average molecular weight is 810 g/mol. The Kier molecular flexibility index (Phi) is 16.7. The highest BCUT2D eigenvalue weighted by Crippen LogP contribution is 2.31. The van der Waals surface area contributed by atoms with Crippen molar-refractivity contribution in [3.8, 4) is 5.75 Å². The first-order valence-electron chi connectivity index (χ1n) is 9.48. The number of hydrogen-bond donors (Lipinski definition) is 1. The third-order valence-corrected chi connectivity index (χ3v) is 6.18. The zero-order valence-electron chi connectivity index (χ0n) is 18.9. The maximum Gasteiger partial charge on any atom is 0.374 e. The smallest absolute Gasteiger partial charge is 0.374 e. The number of benzene rings is 2. The van der Waals surface area contributed by atoms with Crippen LogP contribution in [0.25, 0.3) is 11.0 Å². The molecule has 1 heterocycles. The minimum Gasteiger partial charge on any atom is -0.506 e. The Morgan fingerprint density at radius 2 is 1.51 bits per heavy atom. The van der Waals surface area contributed by atoms with Gasteiger partial charge in [0.05, 0.1) is 27.7 Å². The van der Waals surface area contributed by atoms with E-state index >= 15 is 0 Å². The van der Waals surface area contributed by atoms with Crippen molar-refractivity contribution in [2.24, 2.45) is 0 Å². The average Bonchev–Trinajstić information content (AvgIpc) is 3.22. The molecule has 2 aromatic carbocycles. The van der Waals surface area contributed by atoms with E-state index in [-0.39, 0.29) is 30.5 Å². The molecule has 1 aromatic heterocycles. The van der Waals surface area contributed by atoms with E-state index in [1.54, 1.807) is 32.0 Å². The number of halogens is 5. The summed E-state index contributed by atoms with van der Waals surface area (Å²) in [6.07, 6.45) is 0.602. The van der Waals surface area contributed by atoms with Crippen molar-refractivity contribution < 1.29 is 33.4 Å². The molecule has 0 radical (unpaired) electrons. The normalized spacial score (nSPS) is 9.57. The van der Waals surface area contributed by atoms with Gasteiger partial charge in [-0.25, -0.2) is 4.79 Å². The van der Waals surface area contributed by atoms with Crippen LogP contribution in [-0.4, -0.2) is 41.9 Å². The second-order valence-corrected chi connectivity index (χ2v) is 10.1. The number of aldehydes is 1. The first-order chi connectivity index (χ1) is 16.1. The van der Waals surface area contributed by atoms with Gasteiger partial charge in [0.15, 0.2) is 6.29 Å². The molecular formula is C23H22Br5O7-. The summed E-state index contributed by atoms with van der Waals surface area (Å²) in [4.78, 5) is 31.9. The Bertz CT molecular complexity index is 1140. The quantitative estimate of drug-likeness (QED) is 0.120. The third kappa shape index (κ3) is 11.2. The standard InChI is InChI=1S/C11H8Br2O3.C7H4Br2O2.C4H7BrO2.CH3/c1-2-15-11(14)9-4-6-3-7(12)5-8(13)10(6)16-9;8-5-1-4(3-10)7(11)6(9)2-5;1-2-7-4(6)3-5;/h3-5H,2H2,1H3;1-3,11H;2-3H2,1H3;1H3/q;;;-1. The third-order valence-electron chi connectivity index (χ3n) is 3.61. The lowest BCUT2D eigenvalue weighted by Gasteiger charge is -1.99. The molecule has 0 saturated heterocycles. The van der Waals surface area contributed by atoms with Gasteiger partial charge >= 0.3 is 11.9 Å². The Morgan fingerprint density at radius 1 is 0.943 bits per heavy atom. The number of esters is 2. The van der Waals surface area contributed by atoms with Gasteiger partial charge in [0.25, 0.3) is 0 Å². The predicted octanol–water partition coefficient (Wildman–Crippen LogP) is 8.26. The molecule has 0 spiro atoms. The number of alkyl halides is 1. The fourth-order valence-corrected chi connectivity index (χ4v) is 5.01. The van der Waals surface area contributed by atoms with E-state index in [9.17, 15) is 19.5 Å². The molecule has 0 aliphatic rings. The van der Waals surface area contributed by atoms with Crippen molar-refractivity contribution in [2.75, 3.05) is 18.5 Å². The van der Waals surface area contributed by atoms with Crippen molar-refractivity contribution >= 4 is 109 Å². The van der Waals surface area contributed by atoms with Crippen LogP contribution in [0.4, 0.5) is 0 Å². The summed E-state index contributed by atoms with van der Waals surface area (Å²) in [7, 11) is 0. The summed E-state index contributed by atoms with van der Waals surface area (Å²) in [6.45, 7) is 4.33. The van der Waals surface area contributed by atoms with E-state index in [0.29, 0.717) is 34.9 Å². The molecule has 3 aromatic rings. The van der Waals surface area contributed by atoms with Gasteiger partial charge in [-0.3, -0.25) is 9.59 Å². The molecule has 3 rings (SSSR count). The molecule has 0 bridgehead atoms. The summed E-state index contributed by atoms with van der Waals surface area (Å²) < 4.78 is 17.8. The number of phenolic OH excluding ortho intramolecular Hbond substituents is 1. The van der Waals surface area contributed by atoms with Gasteiger partial charge < -0.3 is 26.4 Å². The molecule has 0 fully saturated rings. The van der Waals surface area contributed by atoms with Crippen LogP contribution in [0.15, 0.2) is 52.6 Å². The van der Waals surface area contributed by atoms with E-state index in [4.69, 9.17) is 9.15 Å². The van der Waals surface area contributed by atoms with Crippen LogP contribution in [-0.2, 0) is 14.3 Å². The molecule has 0 amide bonds. The van der Waals surface area contributed by atoms with Crippen LogP contribution in [0.3, 0.4) is 0 Å². The van der Waals surface area contributed by atoms with Crippen LogP contribution < -0.4 is 0 Å². The molecule has 1 N–H and O–H groups in total. The molecule has 0 saturated carbocycles. The van der Waals surface area contributed by atoms with Gasteiger partial charge in [-0.15, -0.1) is 0 Å². The molecule has 0 atom stereocenters. The van der Waals surface area contributed by atoms with Gasteiger partial charge in [0, 0.05) is 14.3 Å². The first kappa shape index (κ1) is 33.8. The number of fused-ring (bicyclic) bond motifs is 1. The maximum atomic E-state index is 11.5. The van der Waals surface area contributed by atoms with Gasteiger partial charge in [0.1, 0.15) is 16.7 Å². The minimum atomic E-state index is -0.443. The van der Waals surface area contributed by atoms with E-state index in [2.05, 4.69) is 84.4 Å². The summed E-state index contributed by atoms with van der Waals surface area (Å²) in [6, 6.07) is 8.63. The van der Waals surface area contributed by atoms with E-state index in [1.165, 1.54) is 0 Å². The molecule has 7 nitrogen and oxygen atoms in total. The minimum absolute atomic E-state index is 0.